The molecule has 1 aliphatic heterocycles. The molecular formula is C20H19NO3S2. The van der Waals surface area contributed by atoms with Gasteiger partial charge in [-0.3, -0.25) is 9.69 Å². The van der Waals surface area contributed by atoms with Gasteiger partial charge in [-0.25, -0.2) is 0 Å². The molecule has 0 N–H and O–H groups in total. The van der Waals surface area contributed by atoms with Gasteiger partial charge in [-0.2, -0.15) is 0 Å². The predicted molar refractivity (Wildman–Crippen MR) is 110 cm³/mol. The first-order valence-corrected chi connectivity index (χ1v) is 9.35. The molecule has 2 aromatic carbocycles. The summed E-state index contributed by atoms with van der Waals surface area (Å²) in [6.45, 7) is 0.566. The lowest BCUT2D eigenvalue weighted by Gasteiger charge is -2.14. The van der Waals surface area contributed by atoms with Crippen LogP contribution < -0.4 is 9.47 Å². The zero-order valence-corrected chi connectivity index (χ0v) is 16.2. The monoisotopic (exact) mass is 385 g/mol. The number of hydrogen-bond acceptors (Lipinski definition) is 5. The highest BCUT2D eigenvalue weighted by atomic mass is 32.2. The van der Waals surface area contributed by atoms with Crippen LogP contribution in [0.3, 0.4) is 0 Å². The fraction of sp³-hybridized carbons (Fsp3) is 0.200. The quantitative estimate of drug-likeness (QED) is 0.552. The van der Waals surface area contributed by atoms with Crippen LogP contribution in [-0.2, 0) is 11.2 Å². The molecule has 0 saturated carbocycles. The molecule has 4 nitrogen and oxygen atoms in total. The van der Waals surface area contributed by atoms with Gasteiger partial charge in [-0.1, -0.05) is 48.2 Å². The smallest absolute Gasteiger partial charge is 0.266 e. The number of ether oxygens (including phenoxy) is 2. The largest absolute Gasteiger partial charge is 0.497 e. The van der Waals surface area contributed by atoms with Crippen LogP contribution in [0.1, 0.15) is 11.1 Å². The fourth-order valence-corrected chi connectivity index (χ4v) is 3.89. The summed E-state index contributed by atoms with van der Waals surface area (Å²) in [5.41, 5.74) is 2.08. The van der Waals surface area contributed by atoms with E-state index in [1.54, 1.807) is 19.1 Å². The van der Waals surface area contributed by atoms with Crippen LogP contribution in [0.4, 0.5) is 0 Å². The number of carbonyl (C=O) groups excluding carboxylic acids is 1. The van der Waals surface area contributed by atoms with Gasteiger partial charge in [-0.15, -0.1) is 0 Å². The molecule has 0 radical (unpaired) electrons. The summed E-state index contributed by atoms with van der Waals surface area (Å²) in [6.07, 6.45) is 2.61. The Kier molecular flexibility index (Phi) is 5.96. The summed E-state index contributed by atoms with van der Waals surface area (Å²) in [6, 6.07) is 15.4. The molecule has 3 rings (SSSR count). The first-order chi connectivity index (χ1) is 12.6. The number of hydrogen-bond donors (Lipinski definition) is 0. The molecule has 0 unspecified atom stereocenters. The molecular weight excluding hydrogens is 366 g/mol. The molecule has 134 valence electrons. The Bertz CT molecular complexity index is 829. The molecule has 0 spiro atoms. The van der Waals surface area contributed by atoms with Crippen molar-refractivity contribution in [3.8, 4) is 11.5 Å². The molecule has 1 amide bonds. The standard InChI is InChI=1S/C20H19NO3S2/c1-23-16-7-3-14(4-8-16)11-12-21-19(22)18(26-20(21)25)13-15-5-9-17(24-2)10-6-15/h3-10,13H,11-12H2,1-2H3. The Hall–Kier alpha value is -2.31. The van der Waals surface area contributed by atoms with Crippen molar-refractivity contribution in [3.05, 3.63) is 64.6 Å². The summed E-state index contributed by atoms with van der Waals surface area (Å²) in [7, 11) is 3.27. The van der Waals surface area contributed by atoms with Crippen molar-refractivity contribution in [2.24, 2.45) is 0 Å². The lowest BCUT2D eigenvalue weighted by molar-refractivity contribution is -0.122. The molecule has 0 aromatic heterocycles. The van der Waals surface area contributed by atoms with Crippen LogP contribution in [0.2, 0.25) is 0 Å². The Morgan fingerprint density at radius 3 is 2.15 bits per heavy atom. The maximum Gasteiger partial charge on any atom is 0.266 e. The highest BCUT2D eigenvalue weighted by Crippen LogP contribution is 2.32. The van der Waals surface area contributed by atoms with E-state index in [-0.39, 0.29) is 5.91 Å². The minimum atomic E-state index is -0.0377. The van der Waals surface area contributed by atoms with Crippen molar-refractivity contribution in [2.75, 3.05) is 20.8 Å². The Labute approximate surface area is 162 Å². The van der Waals surface area contributed by atoms with Gasteiger partial charge < -0.3 is 9.47 Å². The van der Waals surface area contributed by atoms with Crippen molar-refractivity contribution >= 4 is 40.3 Å². The number of thioether (sulfide) groups is 1. The zero-order chi connectivity index (χ0) is 18.5. The molecule has 1 aliphatic rings. The maximum absolute atomic E-state index is 12.7. The van der Waals surface area contributed by atoms with E-state index in [1.807, 2.05) is 54.6 Å². The molecule has 2 aromatic rings. The van der Waals surface area contributed by atoms with E-state index < -0.39 is 0 Å². The molecule has 0 aliphatic carbocycles. The number of benzene rings is 2. The Balaban J connectivity index is 1.66. The van der Waals surface area contributed by atoms with E-state index >= 15 is 0 Å². The number of thiocarbonyl (C=S) groups is 1. The van der Waals surface area contributed by atoms with Crippen molar-refractivity contribution in [3.63, 3.8) is 0 Å². The molecule has 1 saturated heterocycles. The van der Waals surface area contributed by atoms with Gasteiger partial charge in [-0.05, 0) is 47.9 Å². The van der Waals surface area contributed by atoms with Gasteiger partial charge in [0.15, 0.2) is 0 Å². The summed E-state index contributed by atoms with van der Waals surface area (Å²) < 4.78 is 10.9. The van der Waals surface area contributed by atoms with Crippen LogP contribution in [0.15, 0.2) is 53.4 Å². The van der Waals surface area contributed by atoms with E-state index in [1.165, 1.54) is 11.8 Å². The van der Waals surface area contributed by atoms with Gasteiger partial charge in [0.25, 0.3) is 5.91 Å². The topological polar surface area (TPSA) is 38.8 Å². The lowest BCUT2D eigenvalue weighted by Crippen LogP contribution is -2.30. The van der Waals surface area contributed by atoms with Gasteiger partial charge in [0.05, 0.1) is 19.1 Å². The molecule has 26 heavy (non-hydrogen) atoms. The normalized spacial score (nSPS) is 15.6. The van der Waals surface area contributed by atoms with Crippen LogP contribution in [0, 0.1) is 0 Å². The SMILES string of the molecule is COc1ccc(C=C2SC(=S)N(CCc3ccc(OC)cc3)C2=O)cc1. The minimum Gasteiger partial charge on any atom is -0.497 e. The minimum absolute atomic E-state index is 0.0377. The van der Waals surface area contributed by atoms with E-state index in [0.29, 0.717) is 15.8 Å². The maximum atomic E-state index is 12.7. The second-order valence-corrected chi connectivity index (χ2v) is 7.38. The van der Waals surface area contributed by atoms with Crippen LogP contribution >= 0.6 is 24.0 Å². The van der Waals surface area contributed by atoms with E-state index in [2.05, 4.69) is 0 Å². The Morgan fingerprint density at radius 1 is 1.00 bits per heavy atom. The fourth-order valence-electron chi connectivity index (χ4n) is 2.58. The first-order valence-electron chi connectivity index (χ1n) is 8.13. The van der Waals surface area contributed by atoms with Crippen molar-refractivity contribution in [1.82, 2.24) is 4.90 Å². The van der Waals surface area contributed by atoms with E-state index in [4.69, 9.17) is 21.7 Å². The number of amides is 1. The number of methoxy groups -OCH3 is 2. The van der Waals surface area contributed by atoms with Crippen LogP contribution in [-0.4, -0.2) is 35.9 Å². The Morgan fingerprint density at radius 2 is 1.58 bits per heavy atom. The molecule has 0 bridgehead atoms. The molecule has 1 heterocycles. The second-order valence-electron chi connectivity index (χ2n) is 5.70. The summed E-state index contributed by atoms with van der Waals surface area (Å²) in [4.78, 5) is 15.0. The highest BCUT2D eigenvalue weighted by Gasteiger charge is 2.31. The average molecular weight is 386 g/mol. The summed E-state index contributed by atoms with van der Waals surface area (Å²) in [5, 5.41) is 0. The van der Waals surface area contributed by atoms with E-state index in [0.717, 1.165) is 29.0 Å². The van der Waals surface area contributed by atoms with Gasteiger partial charge in [0.2, 0.25) is 0 Å². The van der Waals surface area contributed by atoms with Crippen molar-refractivity contribution < 1.29 is 14.3 Å². The van der Waals surface area contributed by atoms with Gasteiger partial charge in [0.1, 0.15) is 15.8 Å². The number of carbonyl (C=O) groups is 1. The zero-order valence-electron chi connectivity index (χ0n) is 14.6. The van der Waals surface area contributed by atoms with E-state index in [9.17, 15) is 4.79 Å². The third-order valence-electron chi connectivity index (χ3n) is 4.07. The van der Waals surface area contributed by atoms with Crippen molar-refractivity contribution in [2.45, 2.75) is 6.42 Å². The molecule has 1 fully saturated rings. The van der Waals surface area contributed by atoms with Crippen LogP contribution in [0.25, 0.3) is 6.08 Å². The summed E-state index contributed by atoms with van der Waals surface area (Å²) in [5.74, 6) is 1.57. The van der Waals surface area contributed by atoms with Crippen LogP contribution in [0.5, 0.6) is 11.5 Å². The highest BCUT2D eigenvalue weighted by molar-refractivity contribution is 8.26. The van der Waals surface area contributed by atoms with Gasteiger partial charge in [0, 0.05) is 6.54 Å². The first kappa shape index (κ1) is 18.5. The third-order valence-corrected chi connectivity index (χ3v) is 5.45. The molecule has 0 atom stereocenters. The van der Waals surface area contributed by atoms with Gasteiger partial charge >= 0.3 is 0 Å². The third kappa shape index (κ3) is 4.26. The predicted octanol–water partition coefficient (Wildman–Crippen LogP) is 4.15. The number of nitrogens with zero attached hydrogens (tertiary/aromatic N) is 1. The second kappa shape index (κ2) is 8.38. The summed E-state index contributed by atoms with van der Waals surface area (Å²) >= 11 is 6.74. The lowest BCUT2D eigenvalue weighted by atomic mass is 10.1. The number of rotatable bonds is 6. The molecule has 6 heteroatoms. The average Bonchev–Trinajstić information content (AvgIpc) is 2.94. The van der Waals surface area contributed by atoms with Crippen molar-refractivity contribution in [1.29, 1.82) is 0 Å².